The number of methoxy groups -OCH3 is 1. The number of nitrogens with one attached hydrogen (secondary N) is 1. The van der Waals surface area contributed by atoms with E-state index >= 15 is 0 Å². The fourth-order valence-corrected chi connectivity index (χ4v) is 4.03. The summed E-state index contributed by atoms with van der Waals surface area (Å²) in [4.78, 5) is 14.7. The van der Waals surface area contributed by atoms with E-state index in [-0.39, 0.29) is 10.8 Å². The number of hydrogen-bond acceptors (Lipinski definition) is 5. The molecule has 1 heterocycles. The van der Waals surface area contributed by atoms with Gasteiger partial charge >= 0.3 is 0 Å². The minimum Gasteiger partial charge on any atom is -0.497 e. The Morgan fingerprint density at radius 1 is 1.07 bits per heavy atom. The fraction of sp³-hybridized carbons (Fsp3) is 0.316. The summed E-state index contributed by atoms with van der Waals surface area (Å²) < 4.78 is 38.6. The highest BCUT2D eigenvalue weighted by molar-refractivity contribution is 7.89. The van der Waals surface area contributed by atoms with Crippen molar-refractivity contribution in [3.8, 4) is 5.75 Å². The molecular formula is C19H22N2O5S. The Morgan fingerprint density at radius 2 is 1.70 bits per heavy atom. The van der Waals surface area contributed by atoms with Crippen molar-refractivity contribution in [2.24, 2.45) is 0 Å². The predicted molar refractivity (Wildman–Crippen MR) is 99.9 cm³/mol. The maximum absolute atomic E-state index is 13.0. The highest BCUT2D eigenvalue weighted by Gasteiger charge is 2.31. The second kappa shape index (κ2) is 8.51. The lowest BCUT2D eigenvalue weighted by atomic mass is 10.1. The van der Waals surface area contributed by atoms with E-state index in [1.54, 1.807) is 41.3 Å². The number of morpholine rings is 1. The Hall–Kier alpha value is -2.42. The van der Waals surface area contributed by atoms with Crippen LogP contribution in [0, 0.1) is 0 Å². The van der Waals surface area contributed by atoms with Gasteiger partial charge in [-0.2, -0.15) is 4.72 Å². The van der Waals surface area contributed by atoms with Crippen molar-refractivity contribution in [3.05, 3.63) is 60.2 Å². The molecule has 1 aliphatic heterocycles. The number of benzene rings is 2. The van der Waals surface area contributed by atoms with Gasteiger partial charge in [0.05, 0.1) is 25.2 Å². The zero-order valence-corrected chi connectivity index (χ0v) is 15.8. The largest absolute Gasteiger partial charge is 0.497 e. The molecule has 1 N–H and O–H groups in total. The van der Waals surface area contributed by atoms with Gasteiger partial charge in [-0.25, -0.2) is 8.42 Å². The van der Waals surface area contributed by atoms with Gasteiger partial charge in [0.2, 0.25) is 15.9 Å². The molecule has 2 aromatic carbocycles. The van der Waals surface area contributed by atoms with Crippen LogP contribution in [-0.4, -0.2) is 52.6 Å². The van der Waals surface area contributed by atoms with E-state index in [2.05, 4.69) is 4.72 Å². The van der Waals surface area contributed by atoms with Crippen LogP contribution in [0.3, 0.4) is 0 Å². The maximum atomic E-state index is 13.0. The normalized spacial score (nSPS) is 16.0. The molecule has 2 aromatic rings. The lowest BCUT2D eigenvalue weighted by Crippen LogP contribution is -2.47. The van der Waals surface area contributed by atoms with Crippen LogP contribution in [0.1, 0.15) is 11.6 Å². The van der Waals surface area contributed by atoms with Crippen molar-refractivity contribution in [3.63, 3.8) is 0 Å². The van der Waals surface area contributed by atoms with Crippen LogP contribution in [-0.2, 0) is 19.6 Å². The summed E-state index contributed by atoms with van der Waals surface area (Å²) in [6, 6.07) is 13.9. The molecule has 27 heavy (non-hydrogen) atoms. The molecule has 1 aliphatic rings. The topological polar surface area (TPSA) is 84.9 Å². The first-order valence-corrected chi connectivity index (χ1v) is 10.1. The number of amides is 1. The van der Waals surface area contributed by atoms with Gasteiger partial charge in [0.15, 0.2) is 0 Å². The number of nitrogens with zero attached hydrogens (tertiary/aromatic N) is 1. The third-order valence-corrected chi connectivity index (χ3v) is 5.78. The summed E-state index contributed by atoms with van der Waals surface area (Å²) in [5.74, 6) is 0.263. The third kappa shape index (κ3) is 4.65. The van der Waals surface area contributed by atoms with E-state index in [4.69, 9.17) is 9.47 Å². The smallest absolute Gasteiger partial charge is 0.245 e. The molecule has 7 nitrogen and oxygen atoms in total. The quantitative estimate of drug-likeness (QED) is 0.809. The molecule has 1 saturated heterocycles. The summed E-state index contributed by atoms with van der Waals surface area (Å²) >= 11 is 0. The Balaban J connectivity index is 1.89. The molecule has 0 aliphatic carbocycles. The van der Waals surface area contributed by atoms with Gasteiger partial charge < -0.3 is 14.4 Å². The summed E-state index contributed by atoms with van der Waals surface area (Å²) in [6.07, 6.45) is 0. The number of carbonyl (C=O) groups is 1. The van der Waals surface area contributed by atoms with Gasteiger partial charge in [0, 0.05) is 13.1 Å². The molecule has 3 rings (SSSR count). The Labute approximate surface area is 158 Å². The van der Waals surface area contributed by atoms with Crippen molar-refractivity contribution in [1.29, 1.82) is 0 Å². The van der Waals surface area contributed by atoms with Gasteiger partial charge in [-0.05, 0) is 29.8 Å². The molecule has 0 aromatic heterocycles. The number of hydrogen-bond donors (Lipinski definition) is 1. The van der Waals surface area contributed by atoms with Gasteiger partial charge in [0.25, 0.3) is 0 Å². The first kappa shape index (κ1) is 19.3. The number of ether oxygens (including phenoxy) is 2. The van der Waals surface area contributed by atoms with E-state index in [0.717, 1.165) is 0 Å². The molecule has 0 unspecified atom stereocenters. The van der Waals surface area contributed by atoms with E-state index in [1.165, 1.54) is 19.2 Å². The van der Waals surface area contributed by atoms with E-state index < -0.39 is 16.1 Å². The molecule has 0 radical (unpaired) electrons. The summed E-state index contributed by atoms with van der Waals surface area (Å²) in [5, 5.41) is 0. The van der Waals surface area contributed by atoms with Crippen molar-refractivity contribution < 1.29 is 22.7 Å². The second-order valence-corrected chi connectivity index (χ2v) is 7.79. The third-order valence-electron chi connectivity index (χ3n) is 4.35. The average molecular weight is 390 g/mol. The van der Waals surface area contributed by atoms with Crippen molar-refractivity contribution >= 4 is 15.9 Å². The Kier molecular flexibility index (Phi) is 6.10. The van der Waals surface area contributed by atoms with Crippen LogP contribution in [0.15, 0.2) is 59.5 Å². The van der Waals surface area contributed by atoms with Crippen LogP contribution in [0.4, 0.5) is 0 Å². The van der Waals surface area contributed by atoms with Crippen molar-refractivity contribution in [1.82, 2.24) is 9.62 Å². The Bertz CT molecular complexity index is 863. The minimum atomic E-state index is -3.90. The summed E-state index contributed by atoms with van der Waals surface area (Å²) in [5.41, 5.74) is 0.589. The average Bonchev–Trinajstić information content (AvgIpc) is 2.73. The lowest BCUT2D eigenvalue weighted by Gasteiger charge is -2.30. The summed E-state index contributed by atoms with van der Waals surface area (Å²) in [6.45, 7) is 1.76. The monoisotopic (exact) mass is 390 g/mol. The first-order valence-electron chi connectivity index (χ1n) is 8.59. The molecule has 0 bridgehead atoms. The number of rotatable bonds is 6. The summed E-state index contributed by atoms with van der Waals surface area (Å²) in [7, 11) is -2.39. The standard InChI is InChI=1S/C19H22N2O5S/c1-25-16-7-9-17(10-8-16)27(23,24)20-18(15-5-3-2-4-6-15)19(22)21-11-13-26-14-12-21/h2-10,18,20H,11-14H2,1H3/t18-/m1/s1. The molecule has 0 spiro atoms. The molecular weight excluding hydrogens is 368 g/mol. The molecule has 8 heteroatoms. The van der Waals surface area contributed by atoms with Gasteiger partial charge in [-0.1, -0.05) is 30.3 Å². The molecule has 1 fully saturated rings. The zero-order valence-electron chi connectivity index (χ0n) is 15.0. The Morgan fingerprint density at radius 3 is 2.30 bits per heavy atom. The predicted octanol–water partition coefficient (Wildman–Crippen LogP) is 1.57. The highest BCUT2D eigenvalue weighted by Crippen LogP contribution is 2.22. The first-order chi connectivity index (χ1) is 13.0. The van der Waals surface area contributed by atoms with E-state index in [9.17, 15) is 13.2 Å². The second-order valence-electron chi connectivity index (χ2n) is 6.08. The fourth-order valence-electron chi connectivity index (χ4n) is 2.85. The zero-order chi connectivity index (χ0) is 19.3. The minimum absolute atomic E-state index is 0.0685. The van der Waals surface area contributed by atoms with Gasteiger partial charge in [-0.3, -0.25) is 4.79 Å². The van der Waals surface area contributed by atoms with E-state index in [0.29, 0.717) is 37.6 Å². The maximum Gasteiger partial charge on any atom is 0.245 e. The molecule has 1 amide bonds. The van der Waals surface area contributed by atoms with Gasteiger partial charge in [-0.15, -0.1) is 0 Å². The van der Waals surface area contributed by atoms with Crippen LogP contribution in [0.5, 0.6) is 5.75 Å². The van der Waals surface area contributed by atoms with Crippen LogP contribution in [0.2, 0.25) is 0 Å². The SMILES string of the molecule is COc1ccc(S(=O)(=O)N[C@@H](C(=O)N2CCOCC2)c2ccccc2)cc1. The number of carbonyl (C=O) groups excluding carboxylic acids is 1. The van der Waals surface area contributed by atoms with Crippen LogP contribution in [0.25, 0.3) is 0 Å². The molecule has 0 saturated carbocycles. The van der Waals surface area contributed by atoms with E-state index in [1.807, 2.05) is 6.07 Å². The van der Waals surface area contributed by atoms with Crippen LogP contribution < -0.4 is 9.46 Å². The highest BCUT2D eigenvalue weighted by atomic mass is 32.2. The van der Waals surface area contributed by atoms with Gasteiger partial charge in [0.1, 0.15) is 11.8 Å². The molecule has 144 valence electrons. The lowest BCUT2D eigenvalue weighted by molar-refractivity contribution is -0.137. The van der Waals surface area contributed by atoms with Crippen LogP contribution >= 0.6 is 0 Å². The molecule has 1 atom stereocenters. The number of sulfonamides is 1. The van der Waals surface area contributed by atoms with Crippen molar-refractivity contribution in [2.45, 2.75) is 10.9 Å². The van der Waals surface area contributed by atoms with Crippen molar-refractivity contribution in [2.75, 3.05) is 33.4 Å².